The van der Waals surface area contributed by atoms with E-state index in [0.29, 0.717) is 5.38 Å². The third-order valence-electron chi connectivity index (χ3n) is 1.85. The molecular weight excluding hydrogens is 246 g/mol. The Morgan fingerprint density at radius 3 is 2.56 bits per heavy atom. The van der Waals surface area contributed by atoms with E-state index in [2.05, 4.69) is 22.6 Å². The van der Waals surface area contributed by atoms with Gasteiger partial charge in [0.05, 0.1) is 0 Å². The van der Waals surface area contributed by atoms with Crippen LogP contribution >= 0.6 is 34.2 Å². The van der Waals surface area contributed by atoms with Crippen molar-refractivity contribution in [3.63, 3.8) is 0 Å². The maximum atomic E-state index is 6.06. The molecule has 0 nitrogen and oxygen atoms in total. The van der Waals surface area contributed by atoms with Gasteiger partial charge in [0.1, 0.15) is 0 Å². The van der Waals surface area contributed by atoms with Gasteiger partial charge in [-0.25, -0.2) is 0 Å². The van der Waals surface area contributed by atoms with Crippen molar-refractivity contribution in [2.24, 2.45) is 0 Å². The van der Waals surface area contributed by atoms with Crippen LogP contribution in [0, 0.1) is 0 Å². The van der Waals surface area contributed by atoms with Crippen molar-refractivity contribution in [3.05, 3.63) is 0 Å². The zero-order valence-electron chi connectivity index (χ0n) is 5.45. The van der Waals surface area contributed by atoms with Crippen molar-refractivity contribution in [3.8, 4) is 0 Å². The highest BCUT2D eigenvalue weighted by Crippen LogP contribution is 2.27. The molecule has 0 bridgehead atoms. The number of halogens is 2. The van der Waals surface area contributed by atoms with Crippen LogP contribution < -0.4 is 0 Å². The third kappa shape index (κ3) is 2.62. The first-order valence-corrected chi connectivity index (χ1v) is 5.27. The SMILES string of the molecule is ClC1CCCCCC1I. The molecule has 0 aromatic heterocycles. The maximum absolute atomic E-state index is 6.06. The summed E-state index contributed by atoms with van der Waals surface area (Å²) < 4.78 is 0.728. The molecule has 0 aliphatic heterocycles. The Bertz CT molecular complexity index is 75.0. The second-order valence-electron chi connectivity index (χ2n) is 2.67. The predicted octanol–water partition coefficient (Wildman–Crippen LogP) is 3.36. The smallest absolute Gasteiger partial charge is 0.0453 e. The molecule has 1 rings (SSSR count). The van der Waals surface area contributed by atoms with Gasteiger partial charge in [-0.05, 0) is 12.8 Å². The summed E-state index contributed by atoms with van der Waals surface area (Å²) in [4.78, 5) is 0. The highest BCUT2D eigenvalue weighted by Gasteiger charge is 2.17. The first kappa shape index (κ1) is 8.12. The zero-order chi connectivity index (χ0) is 6.69. The second-order valence-corrected chi connectivity index (χ2v) is 4.83. The van der Waals surface area contributed by atoms with Gasteiger partial charge >= 0.3 is 0 Å². The molecule has 2 atom stereocenters. The van der Waals surface area contributed by atoms with E-state index in [1.54, 1.807) is 0 Å². The van der Waals surface area contributed by atoms with Crippen LogP contribution in [0.5, 0.6) is 0 Å². The van der Waals surface area contributed by atoms with E-state index in [1.807, 2.05) is 0 Å². The molecule has 0 aromatic carbocycles. The molecule has 1 fully saturated rings. The summed E-state index contributed by atoms with van der Waals surface area (Å²) in [7, 11) is 0. The lowest BCUT2D eigenvalue weighted by molar-refractivity contribution is 0.703. The Morgan fingerprint density at radius 1 is 1.11 bits per heavy atom. The summed E-state index contributed by atoms with van der Waals surface area (Å²) in [6.07, 6.45) is 6.68. The fourth-order valence-electron chi connectivity index (χ4n) is 1.22. The summed E-state index contributed by atoms with van der Waals surface area (Å²) in [5.74, 6) is 0. The summed E-state index contributed by atoms with van der Waals surface area (Å²) >= 11 is 8.54. The zero-order valence-corrected chi connectivity index (χ0v) is 8.36. The Morgan fingerprint density at radius 2 is 1.78 bits per heavy atom. The molecule has 2 heteroatoms. The molecule has 2 unspecified atom stereocenters. The first-order chi connectivity index (χ1) is 4.30. The van der Waals surface area contributed by atoms with Crippen LogP contribution in [0.25, 0.3) is 0 Å². The summed E-state index contributed by atoms with van der Waals surface area (Å²) in [6.45, 7) is 0. The number of hydrogen-bond acceptors (Lipinski definition) is 0. The van der Waals surface area contributed by atoms with Gasteiger partial charge in [0.15, 0.2) is 0 Å². The summed E-state index contributed by atoms with van der Waals surface area (Å²) in [5, 5.41) is 0.452. The molecule has 9 heavy (non-hydrogen) atoms. The molecule has 54 valence electrons. The van der Waals surface area contributed by atoms with Gasteiger partial charge in [-0.2, -0.15) is 0 Å². The lowest BCUT2D eigenvalue weighted by Gasteiger charge is -2.10. The number of hydrogen-bond donors (Lipinski definition) is 0. The highest BCUT2D eigenvalue weighted by molar-refractivity contribution is 14.1. The molecule has 1 aliphatic rings. The van der Waals surface area contributed by atoms with Gasteiger partial charge in [-0.1, -0.05) is 41.9 Å². The van der Waals surface area contributed by atoms with Crippen molar-refractivity contribution in [1.82, 2.24) is 0 Å². The molecule has 1 saturated carbocycles. The van der Waals surface area contributed by atoms with Crippen molar-refractivity contribution in [2.45, 2.75) is 41.4 Å². The molecule has 0 amide bonds. The quantitative estimate of drug-likeness (QED) is 0.355. The molecular formula is C7H12ClI. The molecule has 0 saturated heterocycles. The normalized spacial score (nSPS) is 38.0. The minimum Gasteiger partial charge on any atom is -0.122 e. The van der Waals surface area contributed by atoms with Gasteiger partial charge < -0.3 is 0 Å². The monoisotopic (exact) mass is 258 g/mol. The molecule has 0 spiro atoms. The van der Waals surface area contributed by atoms with E-state index in [1.165, 1.54) is 32.1 Å². The Labute approximate surface area is 75.5 Å². The maximum Gasteiger partial charge on any atom is 0.0453 e. The third-order valence-corrected chi connectivity index (χ3v) is 4.29. The largest absolute Gasteiger partial charge is 0.122 e. The Hall–Kier alpha value is 1.02. The van der Waals surface area contributed by atoms with E-state index >= 15 is 0 Å². The van der Waals surface area contributed by atoms with Crippen molar-refractivity contribution in [2.75, 3.05) is 0 Å². The second kappa shape index (κ2) is 4.02. The molecule has 0 aromatic rings. The average molecular weight is 259 g/mol. The number of alkyl halides is 2. The highest BCUT2D eigenvalue weighted by atomic mass is 127. The topological polar surface area (TPSA) is 0 Å². The van der Waals surface area contributed by atoms with Crippen LogP contribution in [0.15, 0.2) is 0 Å². The Kier molecular flexibility index (Phi) is 3.62. The van der Waals surface area contributed by atoms with Crippen LogP contribution in [0.2, 0.25) is 0 Å². The van der Waals surface area contributed by atoms with E-state index in [4.69, 9.17) is 11.6 Å². The van der Waals surface area contributed by atoms with Crippen LogP contribution in [-0.2, 0) is 0 Å². The van der Waals surface area contributed by atoms with Gasteiger partial charge in [-0.15, -0.1) is 11.6 Å². The number of rotatable bonds is 0. The lowest BCUT2D eigenvalue weighted by atomic mass is 10.2. The summed E-state index contributed by atoms with van der Waals surface area (Å²) in [5.41, 5.74) is 0. The minimum atomic E-state index is 0.452. The first-order valence-electron chi connectivity index (χ1n) is 3.59. The van der Waals surface area contributed by atoms with Crippen molar-refractivity contribution < 1.29 is 0 Å². The lowest BCUT2D eigenvalue weighted by Crippen LogP contribution is -2.10. The summed E-state index contributed by atoms with van der Waals surface area (Å²) in [6, 6.07) is 0. The van der Waals surface area contributed by atoms with E-state index < -0.39 is 0 Å². The molecule has 0 radical (unpaired) electrons. The van der Waals surface area contributed by atoms with Crippen LogP contribution in [-0.4, -0.2) is 9.30 Å². The van der Waals surface area contributed by atoms with Crippen LogP contribution in [0.4, 0.5) is 0 Å². The predicted molar refractivity (Wildman–Crippen MR) is 50.5 cm³/mol. The van der Waals surface area contributed by atoms with E-state index in [9.17, 15) is 0 Å². The molecule has 0 heterocycles. The Balaban J connectivity index is 2.32. The van der Waals surface area contributed by atoms with Crippen molar-refractivity contribution >= 4 is 34.2 Å². The molecule has 1 aliphatic carbocycles. The van der Waals surface area contributed by atoms with Crippen LogP contribution in [0.3, 0.4) is 0 Å². The van der Waals surface area contributed by atoms with E-state index in [0.717, 1.165) is 3.92 Å². The fourth-order valence-corrected chi connectivity index (χ4v) is 2.30. The van der Waals surface area contributed by atoms with Crippen molar-refractivity contribution in [1.29, 1.82) is 0 Å². The minimum absolute atomic E-state index is 0.452. The van der Waals surface area contributed by atoms with Gasteiger partial charge in [0.25, 0.3) is 0 Å². The van der Waals surface area contributed by atoms with Gasteiger partial charge in [-0.3, -0.25) is 0 Å². The average Bonchev–Trinajstić information content (AvgIpc) is 1.99. The molecule has 0 N–H and O–H groups in total. The van der Waals surface area contributed by atoms with Crippen LogP contribution in [0.1, 0.15) is 32.1 Å². The fraction of sp³-hybridized carbons (Fsp3) is 1.00. The van der Waals surface area contributed by atoms with Gasteiger partial charge in [0.2, 0.25) is 0 Å². The van der Waals surface area contributed by atoms with E-state index in [-0.39, 0.29) is 0 Å². The standard InChI is InChI=1S/C7H12ClI/c8-6-4-2-1-3-5-7(6)9/h6-7H,1-5H2. The van der Waals surface area contributed by atoms with Gasteiger partial charge in [0, 0.05) is 9.30 Å².